The third-order valence-corrected chi connectivity index (χ3v) is 16.3. The number of nitrogens with zero attached hydrogens (tertiary/aromatic N) is 1. The number of esters is 2. The molecule has 2 atom stereocenters. The standard InChI is InChI=1S/C70H132NO8P/c1-6-8-10-12-14-16-18-20-22-24-26-27-28-29-30-31-32-33-34-35-36-37-38-39-40-41-42-43-45-47-49-51-53-55-57-59-61-63-70(73)79-68(67-78-80(74,75)77-65-64-71(3,4)5)66-76-69(72)62-60-58-56-54-52-50-48-46-44-25-23-21-19-17-15-13-11-9-7-2/h15,17-18,20-21,23-24,26,68H,6-14,16,19,22,25,27-67H2,1-5H3/b17-15-,20-18-,23-21-,26-24-. The Labute approximate surface area is 496 Å². The average Bonchev–Trinajstić information content (AvgIpc) is 3.42. The van der Waals surface area contributed by atoms with Gasteiger partial charge in [0.25, 0.3) is 7.82 Å². The summed E-state index contributed by atoms with van der Waals surface area (Å²) in [6, 6.07) is 0. The van der Waals surface area contributed by atoms with E-state index in [9.17, 15) is 19.0 Å². The zero-order valence-electron chi connectivity index (χ0n) is 53.5. The maximum Gasteiger partial charge on any atom is 0.306 e. The van der Waals surface area contributed by atoms with Crippen molar-refractivity contribution in [2.24, 2.45) is 0 Å². The van der Waals surface area contributed by atoms with E-state index in [0.717, 1.165) is 44.9 Å². The molecule has 470 valence electrons. The lowest BCUT2D eigenvalue weighted by molar-refractivity contribution is -0.870. The van der Waals surface area contributed by atoms with Crippen LogP contribution in [0.1, 0.15) is 335 Å². The molecule has 0 aromatic rings. The highest BCUT2D eigenvalue weighted by Gasteiger charge is 2.22. The number of allylic oxidation sites excluding steroid dienone is 8. The number of carbonyl (C=O) groups is 2. The van der Waals surface area contributed by atoms with Crippen LogP contribution in [0.2, 0.25) is 0 Å². The number of unbranched alkanes of at least 4 members (excludes halogenated alkanes) is 42. The summed E-state index contributed by atoms with van der Waals surface area (Å²) in [4.78, 5) is 38.0. The first-order valence-corrected chi connectivity index (χ1v) is 35.8. The Kier molecular flexibility index (Phi) is 60.0. The number of hydrogen-bond donors (Lipinski definition) is 0. The second kappa shape index (κ2) is 61.5. The van der Waals surface area contributed by atoms with Gasteiger partial charge in [-0.3, -0.25) is 14.2 Å². The van der Waals surface area contributed by atoms with Gasteiger partial charge in [-0.1, -0.05) is 294 Å². The van der Waals surface area contributed by atoms with Crippen molar-refractivity contribution in [1.29, 1.82) is 0 Å². The molecule has 0 aliphatic carbocycles. The van der Waals surface area contributed by atoms with Crippen LogP contribution >= 0.6 is 7.82 Å². The molecule has 0 fully saturated rings. The third-order valence-electron chi connectivity index (χ3n) is 15.3. The maximum atomic E-state index is 12.8. The van der Waals surface area contributed by atoms with Crippen LogP contribution in [0.15, 0.2) is 48.6 Å². The summed E-state index contributed by atoms with van der Waals surface area (Å²) in [5.41, 5.74) is 0. The Balaban J connectivity index is 3.94. The quantitative estimate of drug-likeness (QED) is 0.0195. The van der Waals surface area contributed by atoms with Crippen LogP contribution in [0, 0.1) is 0 Å². The summed E-state index contributed by atoms with van der Waals surface area (Å²) in [7, 11) is 1.18. The minimum atomic E-state index is -4.64. The maximum absolute atomic E-state index is 12.8. The fraction of sp³-hybridized carbons (Fsp3) is 0.857. The molecule has 2 unspecified atom stereocenters. The molecule has 9 nitrogen and oxygen atoms in total. The lowest BCUT2D eigenvalue weighted by Crippen LogP contribution is -2.37. The summed E-state index contributed by atoms with van der Waals surface area (Å²) in [6.07, 6.45) is 79.1. The molecule has 0 saturated carbocycles. The molecular weight excluding hydrogens is 1010 g/mol. The Morgan fingerprint density at radius 3 is 1.01 bits per heavy atom. The molecule has 0 bridgehead atoms. The first-order chi connectivity index (χ1) is 39.0. The van der Waals surface area contributed by atoms with E-state index >= 15 is 0 Å². The highest BCUT2D eigenvalue weighted by Crippen LogP contribution is 2.38. The van der Waals surface area contributed by atoms with Crippen molar-refractivity contribution in [2.75, 3.05) is 47.5 Å². The van der Waals surface area contributed by atoms with Gasteiger partial charge in [-0.25, -0.2) is 0 Å². The van der Waals surface area contributed by atoms with Crippen molar-refractivity contribution in [3.8, 4) is 0 Å². The number of phosphoric ester groups is 1. The van der Waals surface area contributed by atoms with E-state index < -0.39 is 26.5 Å². The zero-order valence-corrected chi connectivity index (χ0v) is 54.4. The number of carbonyl (C=O) groups excluding carboxylic acids is 2. The van der Waals surface area contributed by atoms with Gasteiger partial charge in [0.2, 0.25) is 0 Å². The van der Waals surface area contributed by atoms with E-state index in [4.69, 9.17) is 18.5 Å². The Bertz CT molecular complexity index is 1490. The van der Waals surface area contributed by atoms with Crippen molar-refractivity contribution in [3.05, 3.63) is 48.6 Å². The Hall–Kier alpha value is -2.03. The predicted octanol–water partition coefficient (Wildman–Crippen LogP) is 21.4. The first kappa shape index (κ1) is 78.0. The van der Waals surface area contributed by atoms with E-state index in [2.05, 4.69) is 62.5 Å². The van der Waals surface area contributed by atoms with Crippen molar-refractivity contribution in [1.82, 2.24) is 0 Å². The van der Waals surface area contributed by atoms with Gasteiger partial charge in [-0.05, 0) is 77.0 Å². The fourth-order valence-corrected chi connectivity index (χ4v) is 10.7. The highest BCUT2D eigenvalue weighted by molar-refractivity contribution is 7.45. The normalized spacial score (nSPS) is 13.4. The number of likely N-dealkylation sites (N-methyl/N-ethyl adjacent to an activating group) is 1. The summed E-state index contributed by atoms with van der Waals surface area (Å²) in [6.45, 7) is 4.25. The Morgan fingerprint density at radius 1 is 0.388 bits per heavy atom. The largest absolute Gasteiger partial charge is 0.756 e. The SMILES string of the molecule is CCCCC/C=C\C/C=C\CCCCCCCCCCCC(=O)OCC(COP(=O)([O-])OCC[N+](C)(C)C)OC(=O)CCCCCCCCCCCCCCCCCCCCCCCCCCC/C=C\C/C=C\CCCCCCC. The minimum absolute atomic E-state index is 0.0301. The molecule has 0 rings (SSSR count). The van der Waals surface area contributed by atoms with Crippen LogP contribution in [0.3, 0.4) is 0 Å². The van der Waals surface area contributed by atoms with Crippen LogP contribution in [-0.4, -0.2) is 70.0 Å². The van der Waals surface area contributed by atoms with Gasteiger partial charge >= 0.3 is 11.9 Å². The average molecular weight is 1150 g/mol. The van der Waals surface area contributed by atoms with Crippen molar-refractivity contribution >= 4 is 19.8 Å². The monoisotopic (exact) mass is 1150 g/mol. The molecule has 10 heteroatoms. The molecule has 0 heterocycles. The number of ether oxygens (including phenoxy) is 2. The molecule has 0 N–H and O–H groups in total. The second-order valence-electron chi connectivity index (χ2n) is 24.5. The molecule has 0 aromatic carbocycles. The van der Waals surface area contributed by atoms with E-state index in [-0.39, 0.29) is 32.0 Å². The van der Waals surface area contributed by atoms with Crippen LogP contribution in [-0.2, 0) is 32.7 Å². The van der Waals surface area contributed by atoms with Crippen molar-refractivity contribution in [2.45, 2.75) is 341 Å². The van der Waals surface area contributed by atoms with Gasteiger partial charge in [0.15, 0.2) is 6.10 Å². The van der Waals surface area contributed by atoms with Crippen LogP contribution < -0.4 is 4.89 Å². The van der Waals surface area contributed by atoms with E-state index in [0.29, 0.717) is 17.4 Å². The van der Waals surface area contributed by atoms with Crippen LogP contribution in [0.4, 0.5) is 0 Å². The molecule has 0 aliphatic rings. The topological polar surface area (TPSA) is 111 Å². The first-order valence-electron chi connectivity index (χ1n) is 34.3. The summed E-state index contributed by atoms with van der Waals surface area (Å²) >= 11 is 0. The smallest absolute Gasteiger partial charge is 0.306 e. The molecule has 0 aromatic heterocycles. The van der Waals surface area contributed by atoms with Gasteiger partial charge in [0, 0.05) is 12.8 Å². The second-order valence-corrected chi connectivity index (χ2v) is 25.9. The minimum Gasteiger partial charge on any atom is -0.756 e. The predicted molar refractivity (Wildman–Crippen MR) is 342 cm³/mol. The van der Waals surface area contributed by atoms with Crippen molar-refractivity contribution < 1.29 is 42.1 Å². The molecule has 0 spiro atoms. The van der Waals surface area contributed by atoms with Crippen LogP contribution in [0.25, 0.3) is 0 Å². The molecule has 0 radical (unpaired) electrons. The third kappa shape index (κ3) is 65.1. The number of phosphoric acid groups is 1. The molecule has 0 saturated heterocycles. The van der Waals surface area contributed by atoms with E-state index in [1.54, 1.807) is 0 Å². The fourth-order valence-electron chi connectivity index (χ4n) is 10.0. The number of quaternary nitrogens is 1. The van der Waals surface area contributed by atoms with Gasteiger partial charge in [-0.2, -0.15) is 0 Å². The molecule has 0 aliphatic heterocycles. The number of rotatable bonds is 64. The molecular formula is C70H132NO8P. The van der Waals surface area contributed by atoms with Gasteiger partial charge < -0.3 is 27.9 Å². The molecule has 80 heavy (non-hydrogen) atoms. The number of hydrogen-bond acceptors (Lipinski definition) is 8. The molecule has 0 amide bonds. The Morgan fingerprint density at radius 2 is 0.675 bits per heavy atom. The van der Waals surface area contributed by atoms with E-state index in [1.165, 1.54) is 257 Å². The van der Waals surface area contributed by atoms with E-state index in [1.807, 2.05) is 21.1 Å². The van der Waals surface area contributed by atoms with Gasteiger partial charge in [0.05, 0.1) is 27.7 Å². The summed E-state index contributed by atoms with van der Waals surface area (Å²) in [5, 5.41) is 0. The van der Waals surface area contributed by atoms with Crippen LogP contribution in [0.5, 0.6) is 0 Å². The summed E-state index contributed by atoms with van der Waals surface area (Å²) in [5.74, 6) is -0.823. The van der Waals surface area contributed by atoms with Crippen molar-refractivity contribution in [3.63, 3.8) is 0 Å². The van der Waals surface area contributed by atoms with Gasteiger partial charge in [0.1, 0.15) is 19.8 Å². The van der Waals surface area contributed by atoms with Gasteiger partial charge in [-0.15, -0.1) is 0 Å². The highest BCUT2D eigenvalue weighted by atomic mass is 31.2. The lowest BCUT2D eigenvalue weighted by Gasteiger charge is -2.28. The summed E-state index contributed by atoms with van der Waals surface area (Å²) < 4.78 is 34.3. The lowest BCUT2D eigenvalue weighted by atomic mass is 10.0. The zero-order chi connectivity index (χ0) is 58.4.